The van der Waals surface area contributed by atoms with Crippen molar-refractivity contribution in [2.45, 2.75) is 25.8 Å². The largest absolute Gasteiger partial charge is 0.465 e. The molecular formula is C19H21N7O2. The second-order valence-corrected chi connectivity index (χ2v) is 7.14. The van der Waals surface area contributed by atoms with E-state index in [-0.39, 0.29) is 6.04 Å². The highest BCUT2D eigenvalue weighted by Crippen LogP contribution is 2.22. The summed E-state index contributed by atoms with van der Waals surface area (Å²) < 4.78 is 0. The van der Waals surface area contributed by atoms with Crippen LogP contribution in [0.4, 0.5) is 22.1 Å². The van der Waals surface area contributed by atoms with Crippen molar-refractivity contribution in [3.8, 4) is 0 Å². The maximum atomic E-state index is 10.9. The number of pyridine rings is 2. The molecule has 1 fully saturated rings. The van der Waals surface area contributed by atoms with Crippen LogP contribution in [0.15, 0.2) is 36.7 Å². The van der Waals surface area contributed by atoms with Crippen molar-refractivity contribution >= 4 is 34.4 Å². The standard InChI is InChI=1S/C19H21N7O2/c1-11(2)12-5-18(25-21-7-12)24-17-4-3-15-16(23-17)6-13(8-20-15)22-14-9-26(10-14)19(27)28/h3-8,11,14,22H,9-10H2,1-2H3,(H,27,28)(H,23,24,25). The summed E-state index contributed by atoms with van der Waals surface area (Å²) in [7, 11) is 0. The lowest BCUT2D eigenvalue weighted by molar-refractivity contribution is 0.111. The summed E-state index contributed by atoms with van der Waals surface area (Å²) in [6.07, 6.45) is 2.60. The lowest BCUT2D eigenvalue weighted by atomic mass is 10.1. The van der Waals surface area contributed by atoms with Crippen LogP contribution in [-0.2, 0) is 0 Å². The van der Waals surface area contributed by atoms with Gasteiger partial charge in [-0.25, -0.2) is 9.78 Å². The van der Waals surface area contributed by atoms with Gasteiger partial charge in [0.05, 0.1) is 35.2 Å². The van der Waals surface area contributed by atoms with E-state index in [0.29, 0.717) is 30.6 Å². The SMILES string of the molecule is CC(C)c1cnnc(Nc2ccc3ncc(NC4CN(C(=O)O)C4)cc3n2)c1. The number of aromatic nitrogens is 4. The maximum Gasteiger partial charge on any atom is 0.407 e. The smallest absolute Gasteiger partial charge is 0.407 e. The molecule has 0 atom stereocenters. The minimum Gasteiger partial charge on any atom is -0.465 e. The third-order valence-electron chi connectivity index (χ3n) is 4.66. The summed E-state index contributed by atoms with van der Waals surface area (Å²) in [5.74, 6) is 1.66. The van der Waals surface area contributed by atoms with Gasteiger partial charge in [-0.2, -0.15) is 5.10 Å². The summed E-state index contributed by atoms with van der Waals surface area (Å²) >= 11 is 0. The quantitative estimate of drug-likeness (QED) is 0.619. The Morgan fingerprint density at radius 3 is 2.75 bits per heavy atom. The zero-order valence-electron chi connectivity index (χ0n) is 15.6. The Morgan fingerprint density at radius 1 is 1.18 bits per heavy atom. The van der Waals surface area contributed by atoms with Crippen molar-refractivity contribution < 1.29 is 9.90 Å². The van der Waals surface area contributed by atoms with E-state index in [2.05, 4.69) is 44.6 Å². The Labute approximate surface area is 161 Å². The molecule has 3 N–H and O–H groups in total. The molecule has 0 spiro atoms. The molecule has 1 aliphatic heterocycles. The number of likely N-dealkylation sites (tertiary alicyclic amines) is 1. The first-order valence-corrected chi connectivity index (χ1v) is 9.09. The van der Waals surface area contributed by atoms with Crippen molar-refractivity contribution in [3.63, 3.8) is 0 Å². The molecule has 0 aromatic carbocycles. The van der Waals surface area contributed by atoms with E-state index in [4.69, 9.17) is 5.11 Å². The van der Waals surface area contributed by atoms with Gasteiger partial charge < -0.3 is 20.6 Å². The topological polar surface area (TPSA) is 116 Å². The second kappa shape index (κ2) is 7.26. The predicted molar refractivity (Wildman–Crippen MR) is 106 cm³/mol. The molecular weight excluding hydrogens is 358 g/mol. The third-order valence-corrected chi connectivity index (χ3v) is 4.66. The van der Waals surface area contributed by atoms with E-state index in [1.165, 1.54) is 4.90 Å². The normalized spacial score (nSPS) is 14.2. The number of amides is 1. The second-order valence-electron chi connectivity index (χ2n) is 7.14. The molecule has 4 rings (SSSR count). The van der Waals surface area contributed by atoms with Gasteiger partial charge in [0.25, 0.3) is 0 Å². The van der Waals surface area contributed by atoms with E-state index in [0.717, 1.165) is 22.3 Å². The predicted octanol–water partition coefficient (Wildman–Crippen LogP) is 3.06. The number of carboxylic acid groups (broad SMARTS) is 1. The highest BCUT2D eigenvalue weighted by Gasteiger charge is 2.30. The number of rotatable bonds is 5. The van der Waals surface area contributed by atoms with Gasteiger partial charge in [0.15, 0.2) is 5.82 Å². The van der Waals surface area contributed by atoms with Gasteiger partial charge in [0, 0.05) is 13.1 Å². The van der Waals surface area contributed by atoms with Crippen LogP contribution in [0.2, 0.25) is 0 Å². The molecule has 144 valence electrons. The van der Waals surface area contributed by atoms with Crippen LogP contribution < -0.4 is 10.6 Å². The number of anilines is 3. The number of hydrogen-bond donors (Lipinski definition) is 3. The molecule has 1 amide bonds. The highest BCUT2D eigenvalue weighted by atomic mass is 16.4. The summed E-state index contributed by atoms with van der Waals surface area (Å²) in [5, 5.41) is 23.5. The summed E-state index contributed by atoms with van der Waals surface area (Å²) in [4.78, 5) is 21.3. The Balaban J connectivity index is 1.50. The Hall–Kier alpha value is -3.49. The summed E-state index contributed by atoms with van der Waals surface area (Å²) in [5.41, 5.74) is 3.42. The van der Waals surface area contributed by atoms with Crippen molar-refractivity contribution in [1.29, 1.82) is 0 Å². The molecule has 0 aliphatic carbocycles. The van der Waals surface area contributed by atoms with Gasteiger partial charge in [-0.1, -0.05) is 13.8 Å². The summed E-state index contributed by atoms with van der Waals surface area (Å²) in [6, 6.07) is 7.70. The maximum absolute atomic E-state index is 10.9. The van der Waals surface area contributed by atoms with Gasteiger partial charge in [-0.05, 0) is 35.7 Å². The number of hydrogen-bond acceptors (Lipinski definition) is 7. The van der Waals surface area contributed by atoms with Crippen molar-refractivity contribution in [2.75, 3.05) is 23.7 Å². The van der Waals surface area contributed by atoms with E-state index in [9.17, 15) is 4.79 Å². The van der Waals surface area contributed by atoms with Gasteiger partial charge in [0.2, 0.25) is 0 Å². The zero-order chi connectivity index (χ0) is 19.7. The zero-order valence-corrected chi connectivity index (χ0v) is 15.6. The molecule has 9 heteroatoms. The Morgan fingerprint density at radius 2 is 2.00 bits per heavy atom. The molecule has 0 unspecified atom stereocenters. The first-order chi connectivity index (χ1) is 13.5. The first kappa shape index (κ1) is 17.9. The van der Waals surface area contributed by atoms with Crippen LogP contribution in [0.5, 0.6) is 0 Å². The lowest BCUT2D eigenvalue weighted by Crippen LogP contribution is -2.56. The fourth-order valence-electron chi connectivity index (χ4n) is 3.01. The monoisotopic (exact) mass is 379 g/mol. The van der Waals surface area contributed by atoms with Crippen molar-refractivity contribution in [3.05, 3.63) is 42.2 Å². The third kappa shape index (κ3) is 3.78. The van der Waals surface area contributed by atoms with Gasteiger partial charge in [0.1, 0.15) is 5.82 Å². The van der Waals surface area contributed by atoms with E-state index in [1.807, 2.05) is 24.3 Å². The van der Waals surface area contributed by atoms with E-state index >= 15 is 0 Å². The van der Waals surface area contributed by atoms with Crippen LogP contribution in [0, 0.1) is 0 Å². The van der Waals surface area contributed by atoms with Gasteiger partial charge in [-0.3, -0.25) is 4.98 Å². The lowest BCUT2D eigenvalue weighted by Gasteiger charge is -2.37. The fraction of sp³-hybridized carbons (Fsp3) is 0.316. The minimum atomic E-state index is -0.892. The number of fused-ring (bicyclic) bond motifs is 1. The number of nitrogens with zero attached hydrogens (tertiary/aromatic N) is 5. The van der Waals surface area contributed by atoms with Gasteiger partial charge >= 0.3 is 6.09 Å². The molecule has 9 nitrogen and oxygen atoms in total. The molecule has 0 bridgehead atoms. The molecule has 1 saturated heterocycles. The molecule has 28 heavy (non-hydrogen) atoms. The van der Waals surface area contributed by atoms with E-state index < -0.39 is 6.09 Å². The molecule has 0 saturated carbocycles. The number of carbonyl (C=O) groups is 1. The van der Waals surface area contributed by atoms with Crippen LogP contribution in [0.3, 0.4) is 0 Å². The average Bonchev–Trinajstić information content (AvgIpc) is 2.64. The Bertz CT molecular complexity index is 1020. The molecule has 3 aromatic heterocycles. The van der Waals surface area contributed by atoms with E-state index in [1.54, 1.807) is 12.4 Å². The van der Waals surface area contributed by atoms with Crippen LogP contribution in [-0.4, -0.2) is 55.4 Å². The Kier molecular flexibility index (Phi) is 4.64. The minimum absolute atomic E-state index is 0.0886. The van der Waals surface area contributed by atoms with Crippen molar-refractivity contribution in [2.24, 2.45) is 0 Å². The molecule has 1 aliphatic rings. The number of nitrogens with one attached hydrogen (secondary N) is 2. The highest BCUT2D eigenvalue weighted by molar-refractivity contribution is 5.80. The first-order valence-electron chi connectivity index (χ1n) is 9.09. The van der Waals surface area contributed by atoms with Crippen LogP contribution in [0.25, 0.3) is 11.0 Å². The van der Waals surface area contributed by atoms with Crippen LogP contribution >= 0.6 is 0 Å². The summed E-state index contributed by atoms with van der Waals surface area (Å²) in [6.45, 7) is 5.14. The van der Waals surface area contributed by atoms with Crippen LogP contribution in [0.1, 0.15) is 25.3 Å². The molecule has 0 radical (unpaired) electrons. The molecule has 3 aromatic rings. The van der Waals surface area contributed by atoms with Gasteiger partial charge in [-0.15, -0.1) is 5.10 Å². The average molecular weight is 379 g/mol. The van der Waals surface area contributed by atoms with Crippen molar-refractivity contribution in [1.82, 2.24) is 25.1 Å². The molecule has 4 heterocycles. The fourth-order valence-corrected chi connectivity index (χ4v) is 3.01.